The quantitative estimate of drug-likeness (QED) is 0.850. The average molecular weight is 243 g/mol. The number of rotatable bonds is 3. The van der Waals surface area contributed by atoms with Crippen LogP contribution in [0.4, 0.5) is 0 Å². The molecule has 1 aromatic carbocycles. The van der Waals surface area contributed by atoms with E-state index in [0.717, 1.165) is 18.7 Å². The van der Waals surface area contributed by atoms with E-state index in [1.807, 2.05) is 6.07 Å². The number of amides is 1. The first kappa shape index (κ1) is 11.0. The van der Waals surface area contributed by atoms with Crippen LogP contribution in [-0.4, -0.2) is 11.1 Å². The van der Waals surface area contributed by atoms with Crippen LogP contribution in [-0.2, 0) is 19.6 Å². The zero-order valence-corrected chi connectivity index (χ0v) is 9.77. The van der Waals surface area contributed by atoms with E-state index in [9.17, 15) is 4.79 Å². The molecule has 0 fully saturated rings. The van der Waals surface area contributed by atoms with Crippen molar-refractivity contribution in [3.63, 3.8) is 0 Å². The highest BCUT2D eigenvalue weighted by atomic mass is 16.5. The summed E-state index contributed by atoms with van der Waals surface area (Å²) in [6, 6.07) is 7.81. The predicted octanol–water partition coefficient (Wildman–Crippen LogP) is 1.21. The highest BCUT2D eigenvalue weighted by molar-refractivity contribution is 5.91. The minimum atomic E-state index is -0.220. The lowest BCUT2D eigenvalue weighted by Crippen LogP contribution is -2.23. The summed E-state index contributed by atoms with van der Waals surface area (Å²) in [5, 5.41) is 9.69. The standard InChI is InChI=1S/C13H13N3O2/c17-13(12-3-4-18-16-12)15-6-9-1-2-10-7-14-8-11(10)5-9/h1-5,14H,6-8H2,(H,15,17). The maximum atomic E-state index is 11.7. The molecule has 0 unspecified atom stereocenters. The molecule has 0 aliphatic carbocycles. The van der Waals surface area contributed by atoms with Gasteiger partial charge in [0.05, 0.1) is 0 Å². The average Bonchev–Trinajstić information content (AvgIpc) is 3.05. The zero-order valence-electron chi connectivity index (χ0n) is 9.77. The Hall–Kier alpha value is -2.14. The fourth-order valence-corrected chi connectivity index (χ4v) is 2.06. The van der Waals surface area contributed by atoms with E-state index >= 15 is 0 Å². The second-order valence-electron chi connectivity index (χ2n) is 4.27. The van der Waals surface area contributed by atoms with Gasteiger partial charge in [0.1, 0.15) is 6.26 Å². The molecule has 0 atom stereocenters. The van der Waals surface area contributed by atoms with Crippen LogP contribution in [0.3, 0.4) is 0 Å². The molecule has 1 amide bonds. The van der Waals surface area contributed by atoms with Gasteiger partial charge in [-0.25, -0.2) is 0 Å². The molecule has 5 nitrogen and oxygen atoms in total. The second kappa shape index (κ2) is 4.62. The Morgan fingerprint density at radius 3 is 3.06 bits per heavy atom. The van der Waals surface area contributed by atoms with E-state index in [2.05, 4.69) is 32.4 Å². The van der Waals surface area contributed by atoms with Gasteiger partial charge in [-0.1, -0.05) is 23.4 Å². The summed E-state index contributed by atoms with van der Waals surface area (Å²) in [4.78, 5) is 11.7. The van der Waals surface area contributed by atoms with Crippen LogP contribution in [0, 0.1) is 0 Å². The van der Waals surface area contributed by atoms with Crippen LogP contribution in [0.5, 0.6) is 0 Å². The smallest absolute Gasteiger partial charge is 0.273 e. The van der Waals surface area contributed by atoms with Gasteiger partial charge in [-0.2, -0.15) is 0 Å². The highest BCUT2D eigenvalue weighted by Gasteiger charge is 2.11. The summed E-state index contributed by atoms with van der Waals surface area (Å²) in [5.41, 5.74) is 4.04. The van der Waals surface area contributed by atoms with Gasteiger partial charge in [-0.05, 0) is 16.7 Å². The summed E-state index contributed by atoms with van der Waals surface area (Å²) in [6.45, 7) is 2.33. The molecule has 0 spiro atoms. The van der Waals surface area contributed by atoms with Crippen molar-refractivity contribution in [2.24, 2.45) is 0 Å². The lowest BCUT2D eigenvalue weighted by molar-refractivity contribution is 0.0942. The number of hydrogen-bond donors (Lipinski definition) is 2. The number of hydrogen-bond acceptors (Lipinski definition) is 4. The molecule has 0 saturated carbocycles. The normalized spacial score (nSPS) is 13.3. The third-order valence-electron chi connectivity index (χ3n) is 3.03. The van der Waals surface area contributed by atoms with Crippen molar-refractivity contribution in [3.8, 4) is 0 Å². The molecule has 0 bridgehead atoms. The van der Waals surface area contributed by atoms with E-state index < -0.39 is 0 Å². The second-order valence-corrected chi connectivity index (χ2v) is 4.27. The van der Waals surface area contributed by atoms with Crippen LogP contribution in [0.15, 0.2) is 35.1 Å². The van der Waals surface area contributed by atoms with Crippen molar-refractivity contribution in [3.05, 3.63) is 52.9 Å². The fraction of sp³-hybridized carbons (Fsp3) is 0.231. The molecule has 0 saturated heterocycles. The molecule has 2 aromatic rings. The minimum absolute atomic E-state index is 0.220. The first-order valence-electron chi connectivity index (χ1n) is 5.83. The lowest BCUT2D eigenvalue weighted by Gasteiger charge is -2.05. The van der Waals surface area contributed by atoms with Gasteiger partial charge >= 0.3 is 0 Å². The largest absolute Gasteiger partial charge is 0.364 e. The van der Waals surface area contributed by atoms with Crippen molar-refractivity contribution in [1.29, 1.82) is 0 Å². The number of aromatic nitrogens is 1. The number of nitrogens with one attached hydrogen (secondary N) is 2. The first-order valence-corrected chi connectivity index (χ1v) is 5.83. The molecule has 18 heavy (non-hydrogen) atoms. The Morgan fingerprint density at radius 1 is 1.33 bits per heavy atom. The van der Waals surface area contributed by atoms with E-state index in [-0.39, 0.29) is 5.91 Å². The van der Waals surface area contributed by atoms with E-state index in [1.165, 1.54) is 17.4 Å². The Kier molecular flexibility index (Phi) is 2.82. The van der Waals surface area contributed by atoms with Crippen molar-refractivity contribution in [1.82, 2.24) is 15.8 Å². The molecule has 1 aliphatic heterocycles. The lowest BCUT2D eigenvalue weighted by atomic mass is 10.1. The Morgan fingerprint density at radius 2 is 2.22 bits per heavy atom. The number of benzene rings is 1. The maximum absolute atomic E-state index is 11.7. The van der Waals surface area contributed by atoms with Gasteiger partial charge in [-0.3, -0.25) is 4.79 Å². The molecule has 2 N–H and O–H groups in total. The van der Waals surface area contributed by atoms with Gasteiger partial charge in [0, 0.05) is 25.7 Å². The van der Waals surface area contributed by atoms with Crippen molar-refractivity contribution < 1.29 is 9.32 Å². The van der Waals surface area contributed by atoms with E-state index in [1.54, 1.807) is 6.07 Å². The Balaban J connectivity index is 1.65. The number of fused-ring (bicyclic) bond motifs is 1. The van der Waals surface area contributed by atoms with E-state index in [0.29, 0.717) is 12.2 Å². The highest BCUT2D eigenvalue weighted by Crippen LogP contribution is 2.16. The van der Waals surface area contributed by atoms with Crippen molar-refractivity contribution in [2.75, 3.05) is 0 Å². The molecule has 3 rings (SSSR count). The minimum Gasteiger partial charge on any atom is -0.364 e. The molecule has 0 radical (unpaired) electrons. The van der Waals surface area contributed by atoms with Crippen LogP contribution in [0.25, 0.3) is 0 Å². The Labute approximate surface area is 104 Å². The third kappa shape index (κ3) is 2.12. The van der Waals surface area contributed by atoms with Crippen molar-refractivity contribution >= 4 is 5.91 Å². The zero-order chi connectivity index (χ0) is 12.4. The molecular weight excluding hydrogens is 230 g/mol. The van der Waals surface area contributed by atoms with Crippen LogP contribution < -0.4 is 10.6 Å². The van der Waals surface area contributed by atoms with Gasteiger partial charge in [0.15, 0.2) is 5.69 Å². The van der Waals surface area contributed by atoms with Crippen LogP contribution >= 0.6 is 0 Å². The number of nitrogens with zero attached hydrogens (tertiary/aromatic N) is 1. The number of carbonyl (C=O) groups is 1. The third-order valence-corrected chi connectivity index (χ3v) is 3.03. The number of carbonyl (C=O) groups excluding carboxylic acids is 1. The van der Waals surface area contributed by atoms with Gasteiger partial charge in [0.2, 0.25) is 0 Å². The molecule has 5 heteroatoms. The van der Waals surface area contributed by atoms with Gasteiger partial charge in [0.25, 0.3) is 5.91 Å². The first-order chi connectivity index (χ1) is 8.83. The molecule has 1 aromatic heterocycles. The summed E-state index contributed by atoms with van der Waals surface area (Å²) < 4.78 is 4.63. The SMILES string of the molecule is O=C(NCc1ccc2c(c1)CNC2)c1ccon1. The van der Waals surface area contributed by atoms with Gasteiger partial charge in [-0.15, -0.1) is 0 Å². The summed E-state index contributed by atoms with van der Waals surface area (Å²) in [7, 11) is 0. The molecule has 1 aliphatic rings. The van der Waals surface area contributed by atoms with Crippen LogP contribution in [0.2, 0.25) is 0 Å². The Bertz CT molecular complexity index is 564. The monoisotopic (exact) mass is 243 g/mol. The molecule has 2 heterocycles. The summed E-state index contributed by atoms with van der Waals surface area (Å²) in [5.74, 6) is -0.220. The summed E-state index contributed by atoms with van der Waals surface area (Å²) in [6.07, 6.45) is 1.38. The van der Waals surface area contributed by atoms with Crippen molar-refractivity contribution in [2.45, 2.75) is 19.6 Å². The van der Waals surface area contributed by atoms with Gasteiger partial charge < -0.3 is 15.2 Å². The fourth-order valence-electron chi connectivity index (χ4n) is 2.06. The summed E-state index contributed by atoms with van der Waals surface area (Å²) >= 11 is 0. The topological polar surface area (TPSA) is 67.2 Å². The molecular formula is C13H13N3O2. The van der Waals surface area contributed by atoms with Crippen LogP contribution in [0.1, 0.15) is 27.2 Å². The molecule has 92 valence electrons. The van der Waals surface area contributed by atoms with E-state index in [4.69, 9.17) is 0 Å². The predicted molar refractivity (Wildman–Crippen MR) is 64.7 cm³/mol. The maximum Gasteiger partial charge on any atom is 0.273 e.